The third-order valence-electron chi connectivity index (χ3n) is 1.91. The molecule has 0 aromatic heterocycles. The highest BCUT2D eigenvalue weighted by molar-refractivity contribution is 7.80. The Morgan fingerprint density at radius 2 is 1.94 bits per heavy atom. The van der Waals surface area contributed by atoms with Gasteiger partial charge in [-0.3, -0.25) is 5.32 Å². The number of rotatable bonds is 0. The summed E-state index contributed by atoms with van der Waals surface area (Å²) < 4.78 is 10.3. The lowest BCUT2D eigenvalue weighted by Gasteiger charge is -2.29. The molecule has 5 nitrogen and oxygen atoms in total. The quantitative estimate of drug-likeness (QED) is 0.649. The zero-order valence-electron chi connectivity index (χ0n) is 9.91. The molecule has 0 bridgehead atoms. The summed E-state index contributed by atoms with van der Waals surface area (Å²) in [5.41, 5.74) is -0.509. The van der Waals surface area contributed by atoms with E-state index in [2.05, 4.69) is 5.32 Å². The van der Waals surface area contributed by atoms with Crippen LogP contribution in [0.5, 0.6) is 0 Å². The van der Waals surface area contributed by atoms with Gasteiger partial charge >= 0.3 is 6.09 Å². The maximum Gasteiger partial charge on any atom is 0.413 e. The van der Waals surface area contributed by atoms with E-state index in [4.69, 9.17) is 21.7 Å². The summed E-state index contributed by atoms with van der Waals surface area (Å²) in [5.74, 6) is 0. The Kier molecular flexibility index (Phi) is 4.49. The SMILES string of the molecule is CC(C)(C)OC(=O)NC(=S)N1CCOCC1. The van der Waals surface area contributed by atoms with Crippen molar-refractivity contribution in [2.75, 3.05) is 26.3 Å². The maximum absolute atomic E-state index is 11.4. The van der Waals surface area contributed by atoms with Gasteiger partial charge in [0, 0.05) is 13.1 Å². The number of carbonyl (C=O) groups is 1. The fourth-order valence-electron chi connectivity index (χ4n) is 1.24. The van der Waals surface area contributed by atoms with Gasteiger partial charge in [-0.25, -0.2) is 4.79 Å². The lowest BCUT2D eigenvalue weighted by atomic mass is 10.2. The molecule has 0 saturated carbocycles. The third kappa shape index (κ3) is 4.76. The minimum Gasteiger partial charge on any atom is -0.444 e. The van der Waals surface area contributed by atoms with Crippen LogP contribution in [0.1, 0.15) is 20.8 Å². The average Bonchev–Trinajstić information content (AvgIpc) is 2.16. The van der Waals surface area contributed by atoms with Gasteiger partial charge in [0.05, 0.1) is 13.2 Å². The molecule has 1 saturated heterocycles. The zero-order valence-corrected chi connectivity index (χ0v) is 10.7. The van der Waals surface area contributed by atoms with Gasteiger partial charge in [-0.2, -0.15) is 0 Å². The second-order valence-corrected chi connectivity index (χ2v) is 4.92. The average molecular weight is 246 g/mol. The first kappa shape index (κ1) is 13.2. The van der Waals surface area contributed by atoms with E-state index < -0.39 is 11.7 Å². The smallest absolute Gasteiger partial charge is 0.413 e. The van der Waals surface area contributed by atoms with Crippen LogP contribution in [0.4, 0.5) is 4.79 Å². The monoisotopic (exact) mass is 246 g/mol. The van der Waals surface area contributed by atoms with Crippen molar-refractivity contribution in [3.05, 3.63) is 0 Å². The van der Waals surface area contributed by atoms with E-state index in [-0.39, 0.29) is 0 Å². The van der Waals surface area contributed by atoms with E-state index in [1.54, 1.807) is 0 Å². The first-order valence-electron chi connectivity index (χ1n) is 5.25. The fourth-order valence-corrected chi connectivity index (χ4v) is 1.50. The summed E-state index contributed by atoms with van der Waals surface area (Å²) in [6.07, 6.45) is -0.510. The van der Waals surface area contributed by atoms with Crippen LogP contribution in [0.25, 0.3) is 0 Å². The highest BCUT2D eigenvalue weighted by atomic mass is 32.1. The summed E-state index contributed by atoms with van der Waals surface area (Å²) in [4.78, 5) is 13.3. The number of hydrogen-bond acceptors (Lipinski definition) is 4. The van der Waals surface area contributed by atoms with Crippen LogP contribution in [0.2, 0.25) is 0 Å². The predicted molar refractivity (Wildman–Crippen MR) is 64.4 cm³/mol. The van der Waals surface area contributed by atoms with Crippen LogP contribution < -0.4 is 5.32 Å². The van der Waals surface area contributed by atoms with Crippen LogP contribution >= 0.6 is 12.2 Å². The minimum absolute atomic E-state index is 0.401. The summed E-state index contributed by atoms with van der Waals surface area (Å²) in [5, 5.41) is 2.95. The molecule has 0 spiro atoms. The van der Waals surface area contributed by atoms with E-state index in [9.17, 15) is 4.79 Å². The topological polar surface area (TPSA) is 50.8 Å². The molecule has 1 rings (SSSR count). The Balaban J connectivity index is 2.35. The lowest BCUT2D eigenvalue weighted by molar-refractivity contribution is 0.0521. The first-order chi connectivity index (χ1) is 7.38. The number of ether oxygens (including phenoxy) is 2. The zero-order chi connectivity index (χ0) is 12.2. The molecule has 0 unspecified atom stereocenters. The molecule has 1 fully saturated rings. The number of amides is 1. The number of carbonyl (C=O) groups excluding carboxylic acids is 1. The Morgan fingerprint density at radius 3 is 2.44 bits per heavy atom. The second-order valence-electron chi connectivity index (χ2n) is 4.53. The molecule has 1 N–H and O–H groups in total. The van der Waals surface area contributed by atoms with Crippen molar-refractivity contribution in [1.29, 1.82) is 0 Å². The number of thiocarbonyl (C=S) groups is 1. The summed E-state index contributed by atoms with van der Waals surface area (Å²) in [6, 6.07) is 0. The standard InChI is InChI=1S/C10H18N2O3S/c1-10(2,3)15-9(13)11-8(16)12-4-6-14-7-5-12/h4-7H2,1-3H3,(H,11,13,16). The van der Waals surface area contributed by atoms with Crippen molar-refractivity contribution in [2.24, 2.45) is 0 Å². The third-order valence-corrected chi connectivity index (χ3v) is 2.27. The molecule has 1 heterocycles. The van der Waals surface area contributed by atoms with Crippen LogP contribution in [0.3, 0.4) is 0 Å². The number of alkyl carbamates (subject to hydrolysis) is 1. The summed E-state index contributed by atoms with van der Waals surface area (Å²) in [7, 11) is 0. The van der Waals surface area contributed by atoms with Gasteiger partial charge in [0.25, 0.3) is 0 Å². The molecule has 0 aliphatic carbocycles. The molecule has 1 aliphatic rings. The Labute approximate surface area is 101 Å². The van der Waals surface area contributed by atoms with Gasteiger partial charge in [-0.05, 0) is 33.0 Å². The van der Waals surface area contributed by atoms with Crippen LogP contribution in [0, 0.1) is 0 Å². The van der Waals surface area contributed by atoms with Gasteiger partial charge in [0.15, 0.2) is 5.11 Å². The Morgan fingerprint density at radius 1 is 1.38 bits per heavy atom. The van der Waals surface area contributed by atoms with Gasteiger partial charge in [0.2, 0.25) is 0 Å². The van der Waals surface area contributed by atoms with Crippen molar-refractivity contribution in [1.82, 2.24) is 10.2 Å². The molecule has 6 heteroatoms. The maximum atomic E-state index is 11.4. The van der Waals surface area contributed by atoms with Crippen molar-refractivity contribution in [3.63, 3.8) is 0 Å². The predicted octanol–water partition coefficient (Wildman–Crippen LogP) is 1.13. The van der Waals surface area contributed by atoms with Gasteiger partial charge < -0.3 is 14.4 Å². The second kappa shape index (κ2) is 5.45. The molecule has 0 aromatic rings. The number of nitrogens with one attached hydrogen (secondary N) is 1. The van der Waals surface area contributed by atoms with Crippen LogP contribution in [-0.2, 0) is 9.47 Å². The fraction of sp³-hybridized carbons (Fsp3) is 0.800. The highest BCUT2D eigenvalue weighted by Gasteiger charge is 2.20. The Bertz CT molecular complexity index is 270. The van der Waals surface area contributed by atoms with E-state index in [0.29, 0.717) is 31.4 Å². The summed E-state index contributed by atoms with van der Waals surface area (Å²) >= 11 is 5.10. The molecular formula is C10H18N2O3S. The highest BCUT2D eigenvalue weighted by Crippen LogP contribution is 2.07. The van der Waals surface area contributed by atoms with Crippen molar-refractivity contribution in [3.8, 4) is 0 Å². The van der Waals surface area contributed by atoms with Crippen LogP contribution in [-0.4, -0.2) is 48.0 Å². The van der Waals surface area contributed by atoms with Crippen molar-refractivity contribution < 1.29 is 14.3 Å². The molecular weight excluding hydrogens is 228 g/mol. The Hall–Kier alpha value is -0.880. The molecule has 1 amide bonds. The number of morpholine rings is 1. The van der Waals surface area contributed by atoms with Gasteiger partial charge in [-0.15, -0.1) is 0 Å². The van der Waals surface area contributed by atoms with Gasteiger partial charge in [-0.1, -0.05) is 0 Å². The number of nitrogens with zero attached hydrogens (tertiary/aromatic N) is 1. The number of hydrogen-bond donors (Lipinski definition) is 1. The van der Waals surface area contributed by atoms with E-state index >= 15 is 0 Å². The van der Waals surface area contributed by atoms with E-state index in [0.717, 1.165) is 0 Å². The van der Waals surface area contributed by atoms with Crippen LogP contribution in [0.15, 0.2) is 0 Å². The molecule has 92 valence electrons. The molecule has 16 heavy (non-hydrogen) atoms. The normalized spacial score (nSPS) is 16.8. The van der Waals surface area contributed by atoms with Crippen molar-refractivity contribution in [2.45, 2.75) is 26.4 Å². The lowest BCUT2D eigenvalue weighted by Crippen LogP contribution is -2.48. The molecule has 0 atom stereocenters. The van der Waals surface area contributed by atoms with Gasteiger partial charge in [0.1, 0.15) is 5.60 Å². The minimum atomic E-state index is -0.510. The molecule has 0 radical (unpaired) electrons. The summed E-state index contributed by atoms with van der Waals surface area (Å²) in [6.45, 7) is 8.11. The van der Waals surface area contributed by atoms with E-state index in [1.807, 2.05) is 25.7 Å². The largest absolute Gasteiger partial charge is 0.444 e. The van der Waals surface area contributed by atoms with Crippen molar-refractivity contribution >= 4 is 23.4 Å². The van der Waals surface area contributed by atoms with E-state index in [1.165, 1.54) is 0 Å². The first-order valence-corrected chi connectivity index (χ1v) is 5.66. The molecule has 1 aliphatic heterocycles. The molecule has 0 aromatic carbocycles.